The van der Waals surface area contributed by atoms with Crippen molar-refractivity contribution in [2.24, 2.45) is 0 Å². The topological polar surface area (TPSA) is 32.3 Å². The number of nitrogens with one attached hydrogen (secondary N) is 1. The molecule has 0 saturated heterocycles. The molecule has 1 aromatic rings. The standard InChI is InChI=1S/C14H20FNO/c1-9-6-11(7-10(2)14(9)15)8-16-12-4-3-5-13(12)17/h6-7,12-13,16-17H,3-5,8H2,1-2H3. The summed E-state index contributed by atoms with van der Waals surface area (Å²) in [7, 11) is 0. The second-order valence-corrected chi connectivity index (χ2v) is 5.03. The Morgan fingerprint density at radius 1 is 1.29 bits per heavy atom. The average Bonchev–Trinajstić information content (AvgIpc) is 2.69. The molecule has 0 aliphatic heterocycles. The van der Waals surface area contributed by atoms with Crippen molar-refractivity contribution in [3.05, 3.63) is 34.6 Å². The molecule has 2 atom stereocenters. The number of halogens is 1. The Kier molecular flexibility index (Phi) is 3.79. The third-order valence-electron chi connectivity index (χ3n) is 3.54. The van der Waals surface area contributed by atoms with E-state index in [9.17, 15) is 9.50 Å². The summed E-state index contributed by atoms with van der Waals surface area (Å²) in [6.45, 7) is 4.27. The molecule has 1 aliphatic carbocycles. The first-order valence-corrected chi connectivity index (χ1v) is 6.25. The summed E-state index contributed by atoms with van der Waals surface area (Å²) >= 11 is 0. The summed E-state index contributed by atoms with van der Waals surface area (Å²) in [6.07, 6.45) is 2.78. The van der Waals surface area contributed by atoms with Crippen LogP contribution in [-0.4, -0.2) is 17.3 Å². The lowest BCUT2D eigenvalue weighted by Crippen LogP contribution is -2.35. The molecule has 94 valence electrons. The van der Waals surface area contributed by atoms with Crippen LogP contribution in [-0.2, 0) is 6.54 Å². The smallest absolute Gasteiger partial charge is 0.129 e. The quantitative estimate of drug-likeness (QED) is 0.846. The first-order chi connectivity index (χ1) is 8.08. The minimum absolute atomic E-state index is 0.116. The molecule has 0 spiro atoms. The van der Waals surface area contributed by atoms with E-state index in [0.717, 1.165) is 24.8 Å². The Balaban J connectivity index is 1.99. The van der Waals surface area contributed by atoms with Crippen LogP contribution in [0.1, 0.15) is 36.0 Å². The monoisotopic (exact) mass is 237 g/mol. The third-order valence-corrected chi connectivity index (χ3v) is 3.54. The van der Waals surface area contributed by atoms with Gasteiger partial charge in [-0.05, 0) is 49.8 Å². The van der Waals surface area contributed by atoms with Gasteiger partial charge < -0.3 is 10.4 Å². The molecule has 1 saturated carbocycles. The number of aliphatic hydroxyl groups excluding tert-OH is 1. The molecule has 0 aromatic heterocycles. The summed E-state index contributed by atoms with van der Waals surface area (Å²) in [5.74, 6) is -0.116. The largest absolute Gasteiger partial charge is 0.392 e. The van der Waals surface area contributed by atoms with E-state index < -0.39 is 0 Å². The van der Waals surface area contributed by atoms with Gasteiger partial charge in [-0.1, -0.05) is 12.1 Å². The first-order valence-electron chi connectivity index (χ1n) is 6.25. The molecule has 2 N–H and O–H groups in total. The molecule has 1 aromatic carbocycles. The van der Waals surface area contributed by atoms with Gasteiger partial charge in [-0.3, -0.25) is 0 Å². The fourth-order valence-corrected chi connectivity index (χ4v) is 2.57. The zero-order valence-electron chi connectivity index (χ0n) is 10.5. The SMILES string of the molecule is Cc1cc(CNC2CCCC2O)cc(C)c1F. The Morgan fingerprint density at radius 3 is 2.47 bits per heavy atom. The van der Waals surface area contributed by atoms with Crippen LogP contribution in [0.5, 0.6) is 0 Å². The van der Waals surface area contributed by atoms with Crippen LogP contribution >= 0.6 is 0 Å². The second-order valence-electron chi connectivity index (χ2n) is 5.03. The van der Waals surface area contributed by atoms with Crippen LogP contribution in [0, 0.1) is 19.7 Å². The highest BCUT2D eigenvalue weighted by Gasteiger charge is 2.24. The maximum Gasteiger partial charge on any atom is 0.129 e. The van der Waals surface area contributed by atoms with Gasteiger partial charge in [0.15, 0.2) is 0 Å². The van der Waals surface area contributed by atoms with E-state index in [2.05, 4.69) is 5.32 Å². The molecule has 1 fully saturated rings. The van der Waals surface area contributed by atoms with Crippen molar-refractivity contribution in [3.63, 3.8) is 0 Å². The van der Waals surface area contributed by atoms with Crippen LogP contribution in [0.15, 0.2) is 12.1 Å². The normalized spacial score (nSPS) is 24.2. The second kappa shape index (κ2) is 5.15. The predicted molar refractivity (Wildman–Crippen MR) is 66.4 cm³/mol. The summed E-state index contributed by atoms with van der Waals surface area (Å²) < 4.78 is 13.5. The molecule has 2 unspecified atom stereocenters. The fourth-order valence-electron chi connectivity index (χ4n) is 2.57. The van der Waals surface area contributed by atoms with Gasteiger partial charge in [0.1, 0.15) is 5.82 Å². The third kappa shape index (κ3) is 2.85. The number of aryl methyl sites for hydroxylation is 2. The summed E-state index contributed by atoms with van der Waals surface area (Å²) in [6, 6.07) is 3.94. The van der Waals surface area contributed by atoms with E-state index in [1.807, 2.05) is 12.1 Å². The number of hydrogen-bond donors (Lipinski definition) is 2. The molecule has 17 heavy (non-hydrogen) atoms. The van der Waals surface area contributed by atoms with Gasteiger partial charge in [0.2, 0.25) is 0 Å². The lowest BCUT2D eigenvalue weighted by Gasteiger charge is -2.17. The van der Waals surface area contributed by atoms with E-state index >= 15 is 0 Å². The molecule has 0 amide bonds. The summed E-state index contributed by atoms with van der Waals surface area (Å²) in [5.41, 5.74) is 2.46. The van der Waals surface area contributed by atoms with E-state index in [1.165, 1.54) is 0 Å². The minimum atomic E-state index is -0.224. The highest BCUT2D eigenvalue weighted by molar-refractivity contribution is 5.30. The first kappa shape index (κ1) is 12.5. The fraction of sp³-hybridized carbons (Fsp3) is 0.571. The van der Waals surface area contributed by atoms with Crippen LogP contribution < -0.4 is 5.32 Å². The van der Waals surface area contributed by atoms with Gasteiger partial charge in [-0.25, -0.2) is 4.39 Å². The maximum atomic E-state index is 13.5. The van der Waals surface area contributed by atoms with Crippen LogP contribution in [0.2, 0.25) is 0 Å². The Labute approximate surface area is 102 Å². The number of aliphatic hydroxyl groups is 1. The summed E-state index contributed by atoms with van der Waals surface area (Å²) in [5, 5.41) is 13.0. The number of benzene rings is 1. The highest BCUT2D eigenvalue weighted by atomic mass is 19.1. The zero-order valence-corrected chi connectivity index (χ0v) is 10.5. The van der Waals surface area contributed by atoms with Gasteiger partial charge in [-0.2, -0.15) is 0 Å². The number of rotatable bonds is 3. The van der Waals surface area contributed by atoms with Crippen LogP contribution in [0.25, 0.3) is 0 Å². The Hall–Kier alpha value is -0.930. The van der Waals surface area contributed by atoms with Crippen molar-refractivity contribution < 1.29 is 9.50 Å². The van der Waals surface area contributed by atoms with Crippen LogP contribution in [0.3, 0.4) is 0 Å². The summed E-state index contributed by atoms with van der Waals surface area (Å²) in [4.78, 5) is 0. The Morgan fingerprint density at radius 2 is 1.94 bits per heavy atom. The maximum absolute atomic E-state index is 13.5. The van der Waals surface area contributed by atoms with Crippen molar-refractivity contribution >= 4 is 0 Å². The van der Waals surface area contributed by atoms with E-state index in [-0.39, 0.29) is 18.0 Å². The molecule has 0 heterocycles. The molecular formula is C14H20FNO. The Bertz CT molecular complexity index is 382. The van der Waals surface area contributed by atoms with Crippen molar-refractivity contribution in [3.8, 4) is 0 Å². The van der Waals surface area contributed by atoms with Gasteiger partial charge in [0, 0.05) is 12.6 Å². The molecule has 2 nitrogen and oxygen atoms in total. The molecular weight excluding hydrogens is 217 g/mol. The van der Waals surface area contributed by atoms with Crippen molar-refractivity contribution in [2.45, 2.75) is 51.8 Å². The lowest BCUT2D eigenvalue weighted by atomic mass is 10.1. The van der Waals surface area contributed by atoms with E-state index in [1.54, 1.807) is 13.8 Å². The van der Waals surface area contributed by atoms with Gasteiger partial charge >= 0.3 is 0 Å². The average molecular weight is 237 g/mol. The zero-order chi connectivity index (χ0) is 12.4. The molecule has 3 heteroatoms. The highest BCUT2D eigenvalue weighted by Crippen LogP contribution is 2.20. The number of hydrogen-bond acceptors (Lipinski definition) is 2. The van der Waals surface area contributed by atoms with E-state index in [0.29, 0.717) is 17.7 Å². The minimum Gasteiger partial charge on any atom is -0.392 e. The lowest BCUT2D eigenvalue weighted by molar-refractivity contribution is 0.148. The molecule has 1 aliphatic rings. The van der Waals surface area contributed by atoms with Gasteiger partial charge in [-0.15, -0.1) is 0 Å². The molecule has 2 rings (SSSR count). The van der Waals surface area contributed by atoms with Crippen molar-refractivity contribution in [1.29, 1.82) is 0 Å². The van der Waals surface area contributed by atoms with Crippen molar-refractivity contribution in [1.82, 2.24) is 5.32 Å². The van der Waals surface area contributed by atoms with Crippen molar-refractivity contribution in [2.75, 3.05) is 0 Å². The van der Waals surface area contributed by atoms with Gasteiger partial charge in [0.25, 0.3) is 0 Å². The van der Waals surface area contributed by atoms with Gasteiger partial charge in [0.05, 0.1) is 6.10 Å². The van der Waals surface area contributed by atoms with Crippen LogP contribution in [0.4, 0.5) is 4.39 Å². The molecule has 0 bridgehead atoms. The predicted octanol–water partition coefficient (Wildman–Crippen LogP) is 2.45. The van der Waals surface area contributed by atoms with E-state index in [4.69, 9.17) is 0 Å². The molecule has 0 radical (unpaired) electrons.